The van der Waals surface area contributed by atoms with Gasteiger partial charge in [0.15, 0.2) is 0 Å². The molecule has 1 saturated heterocycles. The predicted octanol–water partition coefficient (Wildman–Crippen LogP) is -0.0682. The Hall–Kier alpha value is -1.35. The summed E-state index contributed by atoms with van der Waals surface area (Å²) in [7, 11) is -2.08. The molecule has 9 nitrogen and oxygen atoms in total. The normalized spacial score (nSPS) is 25.4. The van der Waals surface area contributed by atoms with Crippen molar-refractivity contribution >= 4 is 8.60 Å². The van der Waals surface area contributed by atoms with Crippen LogP contribution in [0.3, 0.4) is 0 Å². The van der Waals surface area contributed by atoms with E-state index in [9.17, 15) is 19.6 Å². The molecule has 1 aromatic rings. The molecule has 2 heterocycles. The van der Waals surface area contributed by atoms with Crippen molar-refractivity contribution in [3.63, 3.8) is 0 Å². The van der Waals surface area contributed by atoms with Crippen LogP contribution in [-0.2, 0) is 13.8 Å². The first-order chi connectivity index (χ1) is 10.9. The molecule has 23 heavy (non-hydrogen) atoms. The van der Waals surface area contributed by atoms with Gasteiger partial charge in [-0.2, -0.15) is 0 Å². The molecule has 0 saturated carbocycles. The maximum Gasteiger partial charge on any atom is 0.330 e. The Balaban J connectivity index is 1.98. The van der Waals surface area contributed by atoms with Crippen LogP contribution in [0.25, 0.3) is 0 Å². The second-order valence-electron chi connectivity index (χ2n) is 5.03. The van der Waals surface area contributed by atoms with Crippen molar-refractivity contribution in [2.75, 3.05) is 13.2 Å². The van der Waals surface area contributed by atoms with Gasteiger partial charge in [-0.15, -0.1) is 6.58 Å². The van der Waals surface area contributed by atoms with Crippen LogP contribution in [0.5, 0.6) is 0 Å². The molecule has 1 unspecified atom stereocenters. The lowest BCUT2D eigenvalue weighted by Crippen LogP contribution is -2.33. The molecule has 0 aliphatic carbocycles. The number of nitrogens with zero attached hydrogens (tertiary/aromatic N) is 1. The SMILES string of the molecule is C=CCOP(O)OC[C@H]1O[C@@H](n2cc(C)c(=O)[nH]c2=O)C[C@@H]1O. The Morgan fingerprint density at radius 1 is 1.57 bits per heavy atom. The Morgan fingerprint density at radius 3 is 3.00 bits per heavy atom. The predicted molar refractivity (Wildman–Crippen MR) is 81.8 cm³/mol. The van der Waals surface area contributed by atoms with Gasteiger partial charge in [0.05, 0.1) is 19.3 Å². The van der Waals surface area contributed by atoms with E-state index in [-0.39, 0.29) is 19.6 Å². The van der Waals surface area contributed by atoms with Gasteiger partial charge in [0.1, 0.15) is 12.3 Å². The van der Waals surface area contributed by atoms with Gasteiger partial charge in [0.25, 0.3) is 5.56 Å². The highest BCUT2D eigenvalue weighted by atomic mass is 31.2. The molecule has 2 rings (SSSR count). The molecule has 1 aliphatic heterocycles. The number of H-pyrrole nitrogens is 1. The first-order valence-electron chi connectivity index (χ1n) is 6.93. The number of rotatable bonds is 7. The summed E-state index contributed by atoms with van der Waals surface area (Å²) in [5, 5.41) is 10.0. The third kappa shape index (κ3) is 4.57. The summed E-state index contributed by atoms with van der Waals surface area (Å²) in [6, 6.07) is 0. The van der Waals surface area contributed by atoms with Crippen molar-refractivity contribution in [2.45, 2.75) is 31.8 Å². The summed E-state index contributed by atoms with van der Waals surface area (Å²) in [5.74, 6) is 0. The van der Waals surface area contributed by atoms with E-state index in [2.05, 4.69) is 11.6 Å². The van der Waals surface area contributed by atoms with Crippen LogP contribution < -0.4 is 11.2 Å². The number of aliphatic hydroxyl groups is 1. The van der Waals surface area contributed by atoms with Crippen molar-refractivity contribution in [1.82, 2.24) is 9.55 Å². The largest absolute Gasteiger partial charge is 0.390 e. The van der Waals surface area contributed by atoms with Crippen LogP contribution in [0.4, 0.5) is 0 Å². The minimum atomic E-state index is -2.08. The summed E-state index contributed by atoms with van der Waals surface area (Å²) in [6.45, 7) is 5.06. The van der Waals surface area contributed by atoms with Gasteiger partial charge in [-0.25, -0.2) is 4.79 Å². The highest BCUT2D eigenvalue weighted by Crippen LogP contribution is 2.35. The van der Waals surface area contributed by atoms with Crippen molar-refractivity contribution in [1.29, 1.82) is 0 Å². The second-order valence-corrected chi connectivity index (χ2v) is 6.02. The van der Waals surface area contributed by atoms with E-state index in [4.69, 9.17) is 13.8 Å². The summed E-state index contributed by atoms with van der Waals surface area (Å²) >= 11 is 0. The van der Waals surface area contributed by atoms with Crippen molar-refractivity contribution in [2.24, 2.45) is 0 Å². The number of ether oxygens (including phenoxy) is 1. The molecule has 0 aromatic carbocycles. The van der Waals surface area contributed by atoms with E-state index in [1.165, 1.54) is 16.8 Å². The standard InChI is InChI=1S/C13H19N2O7P/c1-3-4-20-23(19)21-7-10-9(16)5-11(22-10)15-6-8(2)12(17)14-13(15)18/h3,6,9-11,16,19H,1,4-5,7H2,2H3,(H,14,17,18)/t9-,10+,11+,23?/m0/s1. The van der Waals surface area contributed by atoms with E-state index in [1.807, 2.05) is 0 Å². The monoisotopic (exact) mass is 346 g/mol. The van der Waals surface area contributed by atoms with Gasteiger partial charge in [-0.1, -0.05) is 6.08 Å². The van der Waals surface area contributed by atoms with Gasteiger partial charge in [-0.05, 0) is 6.92 Å². The third-order valence-corrected chi connectivity index (χ3v) is 4.05. The van der Waals surface area contributed by atoms with E-state index >= 15 is 0 Å². The highest BCUT2D eigenvalue weighted by molar-refractivity contribution is 7.40. The van der Waals surface area contributed by atoms with E-state index < -0.39 is 38.3 Å². The molecule has 1 aliphatic rings. The highest BCUT2D eigenvalue weighted by Gasteiger charge is 2.36. The van der Waals surface area contributed by atoms with Crippen molar-refractivity contribution < 1.29 is 23.8 Å². The van der Waals surface area contributed by atoms with Crippen LogP contribution in [0, 0.1) is 6.92 Å². The Bertz CT molecular complexity index is 658. The molecule has 128 valence electrons. The van der Waals surface area contributed by atoms with Crippen LogP contribution >= 0.6 is 8.60 Å². The summed E-state index contributed by atoms with van der Waals surface area (Å²) in [6.07, 6.45) is 0.701. The summed E-state index contributed by atoms with van der Waals surface area (Å²) < 4.78 is 16.8. The number of aromatic amines is 1. The summed E-state index contributed by atoms with van der Waals surface area (Å²) in [5.41, 5.74) is -0.716. The molecule has 0 amide bonds. The lowest BCUT2D eigenvalue weighted by atomic mass is 10.2. The van der Waals surface area contributed by atoms with Crippen molar-refractivity contribution in [3.8, 4) is 0 Å². The van der Waals surface area contributed by atoms with Crippen molar-refractivity contribution in [3.05, 3.63) is 45.3 Å². The van der Waals surface area contributed by atoms with E-state index in [0.29, 0.717) is 5.56 Å². The van der Waals surface area contributed by atoms with Gasteiger partial charge in [0.2, 0.25) is 0 Å². The van der Waals surface area contributed by atoms with Crippen LogP contribution in [0.1, 0.15) is 18.2 Å². The van der Waals surface area contributed by atoms with Gasteiger partial charge >= 0.3 is 14.3 Å². The third-order valence-electron chi connectivity index (χ3n) is 3.31. The molecule has 1 aromatic heterocycles. The number of aliphatic hydroxyl groups excluding tert-OH is 1. The van der Waals surface area contributed by atoms with Gasteiger partial charge in [-0.3, -0.25) is 14.3 Å². The molecule has 10 heteroatoms. The molecule has 1 fully saturated rings. The average Bonchev–Trinajstić information content (AvgIpc) is 2.87. The fourth-order valence-corrected chi connectivity index (χ4v) is 2.71. The number of aromatic nitrogens is 2. The number of aryl methyl sites for hydroxylation is 1. The number of hydrogen-bond donors (Lipinski definition) is 3. The maximum atomic E-state index is 11.8. The Morgan fingerprint density at radius 2 is 2.30 bits per heavy atom. The maximum absolute atomic E-state index is 11.8. The smallest absolute Gasteiger partial charge is 0.330 e. The lowest BCUT2D eigenvalue weighted by Gasteiger charge is -2.17. The van der Waals surface area contributed by atoms with Crippen LogP contribution in [0.15, 0.2) is 28.4 Å². The fraction of sp³-hybridized carbons (Fsp3) is 0.538. The Kier molecular flexibility index (Phi) is 6.23. The first-order valence-corrected chi connectivity index (χ1v) is 8.06. The van der Waals surface area contributed by atoms with Gasteiger partial charge < -0.3 is 23.8 Å². The molecular formula is C13H19N2O7P. The number of nitrogens with one attached hydrogen (secondary N) is 1. The topological polar surface area (TPSA) is 123 Å². The molecule has 4 atom stereocenters. The minimum absolute atomic E-state index is 0.0892. The minimum Gasteiger partial charge on any atom is -0.390 e. The first kappa shape index (κ1) is 18.0. The molecule has 3 N–H and O–H groups in total. The zero-order chi connectivity index (χ0) is 17.0. The zero-order valence-electron chi connectivity index (χ0n) is 12.5. The molecule has 0 radical (unpaired) electrons. The van der Waals surface area contributed by atoms with E-state index in [0.717, 1.165) is 0 Å². The summed E-state index contributed by atoms with van der Waals surface area (Å²) in [4.78, 5) is 34.8. The average molecular weight is 346 g/mol. The Labute approximate surface area is 133 Å². The quantitative estimate of drug-likeness (QED) is 0.466. The fourth-order valence-electron chi connectivity index (χ4n) is 2.13. The lowest BCUT2D eigenvalue weighted by molar-refractivity contribution is -0.0432. The van der Waals surface area contributed by atoms with Crippen LogP contribution in [-0.4, -0.2) is 45.0 Å². The van der Waals surface area contributed by atoms with Crippen LogP contribution in [0.2, 0.25) is 0 Å². The molecule has 0 bridgehead atoms. The van der Waals surface area contributed by atoms with Gasteiger partial charge in [0, 0.05) is 18.2 Å². The number of hydrogen-bond acceptors (Lipinski definition) is 7. The molecular weight excluding hydrogens is 327 g/mol. The molecule has 0 spiro atoms. The zero-order valence-corrected chi connectivity index (χ0v) is 13.4. The second kappa shape index (κ2) is 7.96. The van der Waals surface area contributed by atoms with E-state index in [1.54, 1.807) is 6.92 Å².